The Labute approximate surface area is 210 Å². The SMILES string of the molecule is CC1Oc2ccc(C(CCCCNC(=O)c3ccc(Cl)cc3)NC(=O)OC(C)(C)C)cc2NC1=O. The van der Waals surface area contributed by atoms with Gasteiger partial charge in [-0.05, 0) is 88.9 Å². The van der Waals surface area contributed by atoms with Crippen LogP contribution < -0.4 is 20.7 Å². The van der Waals surface area contributed by atoms with Crippen molar-refractivity contribution in [1.82, 2.24) is 10.6 Å². The van der Waals surface area contributed by atoms with Crippen molar-refractivity contribution < 1.29 is 23.9 Å². The van der Waals surface area contributed by atoms with Crippen LogP contribution in [-0.2, 0) is 9.53 Å². The van der Waals surface area contributed by atoms with Gasteiger partial charge in [-0.15, -0.1) is 0 Å². The zero-order valence-electron chi connectivity index (χ0n) is 20.4. The van der Waals surface area contributed by atoms with Crippen LogP contribution in [0.4, 0.5) is 10.5 Å². The van der Waals surface area contributed by atoms with Crippen LogP contribution in [0.15, 0.2) is 42.5 Å². The number of nitrogens with one attached hydrogen (secondary N) is 3. The van der Waals surface area contributed by atoms with Crippen LogP contribution >= 0.6 is 11.6 Å². The Hall–Kier alpha value is -3.26. The molecule has 8 nitrogen and oxygen atoms in total. The predicted molar refractivity (Wildman–Crippen MR) is 135 cm³/mol. The number of anilines is 1. The maximum absolute atomic E-state index is 12.5. The second-order valence-electron chi connectivity index (χ2n) is 9.46. The zero-order valence-corrected chi connectivity index (χ0v) is 21.2. The van der Waals surface area contributed by atoms with Crippen molar-refractivity contribution in [2.75, 3.05) is 11.9 Å². The van der Waals surface area contributed by atoms with Crippen LogP contribution in [0.1, 0.15) is 68.9 Å². The van der Waals surface area contributed by atoms with Gasteiger partial charge in [0.1, 0.15) is 11.4 Å². The monoisotopic (exact) mass is 501 g/mol. The average molecular weight is 502 g/mol. The molecule has 0 aliphatic carbocycles. The highest BCUT2D eigenvalue weighted by Crippen LogP contribution is 2.33. The highest BCUT2D eigenvalue weighted by Gasteiger charge is 2.26. The molecule has 1 aliphatic rings. The Bertz CT molecular complexity index is 1070. The van der Waals surface area contributed by atoms with Gasteiger partial charge in [0.2, 0.25) is 0 Å². The van der Waals surface area contributed by atoms with Gasteiger partial charge >= 0.3 is 6.09 Å². The van der Waals surface area contributed by atoms with E-state index in [1.165, 1.54) is 0 Å². The quantitative estimate of drug-likeness (QED) is 0.430. The topological polar surface area (TPSA) is 106 Å². The summed E-state index contributed by atoms with van der Waals surface area (Å²) in [7, 11) is 0. The van der Waals surface area contributed by atoms with E-state index in [-0.39, 0.29) is 17.9 Å². The summed E-state index contributed by atoms with van der Waals surface area (Å²) in [4.78, 5) is 36.8. The first-order chi connectivity index (χ1) is 16.5. The minimum absolute atomic E-state index is 0.162. The Kier molecular flexibility index (Phi) is 8.62. The fraction of sp³-hybridized carbons (Fsp3) is 0.423. The first-order valence-electron chi connectivity index (χ1n) is 11.7. The Balaban J connectivity index is 1.61. The molecule has 35 heavy (non-hydrogen) atoms. The minimum atomic E-state index is -0.631. The van der Waals surface area contributed by atoms with Gasteiger partial charge in [-0.1, -0.05) is 17.7 Å². The summed E-state index contributed by atoms with van der Waals surface area (Å²) < 4.78 is 11.1. The lowest BCUT2D eigenvalue weighted by atomic mass is 9.99. The highest BCUT2D eigenvalue weighted by molar-refractivity contribution is 6.30. The first kappa shape index (κ1) is 26.3. The number of carbonyl (C=O) groups is 3. The smallest absolute Gasteiger partial charge is 0.408 e. The Morgan fingerprint density at radius 1 is 1.14 bits per heavy atom. The normalized spacial score (nSPS) is 15.8. The Morgan fingerprint density at radius 2 is 1.86 bits per heavy atom. The van der Waals surface area contributed by atoms with Crippen LogP contribution in [0.25, 0.3) is 0 Å². The van der Waals surface area contributed by atoms with Gasteiger partial charge in [0.15, 0.2) is 6.10 Å². The lowest BCUT2D eigenvalue weighted by Gasteiger charge is -2.27. The molecule has 2 aromatic carbocycles. The van der Waals surface area contributed by atoms with Crippen molar-refractivity contribution in [3.8, 4) is 5.75 Å². The van der Waals surface area contributed by atoms with Crippen LogP contribution in [0.5, 0.6) is 5.75 Å². The number of fused-ring (bicyclic) bond motifs is 1. The van der Waals surface area contributed by atoms with Gasteiger partial charge in [-0.2, -0.15) is 0 Å². The molecule has 0 spiro atoms. The van der Waals surface area contributed by atoms with Crippen molar-refractivity contribution in [2.45, 2.75) is 64.7 Å². The lowest BCUT2D eigenvalue weighted by molar-refractivity contribution is -0.122. The second kappa shape index (κ2) is 11.4. The number of benzene rings is 2. The number of hydrogen-bond donors (Lipinski definition) is 3. The molecule has 9 heteroatoms. The summed E-state index contributed by atoms with van der Waals surface area (Å²) in [6, 6.07) is 11.8. The molecule has 0 radical (unpaired) electrons. The third kappa shape index (κ3) is 7.89. The van der Waals surface area contributed by atoms with Crippen LogP contribution in [-0.4, -0.2) is 36.2 Å². The molecule has 3 rings (SSSR count). The molecule has 188 valence electrons. The van der Waals surface area contributed by atoms with Gasteiger partial charge < -0.3 is 25.4 Å². The fourth-order valence-corrected chi connectivity index (χ4v) is 3.72. The second-order valence-corrected chi connectivity index (χ2v) is 9.90. The Morgan fingerprint density at radius 3 is 2.54 bits per heavy atom. The third-order valence-corrected chi connectivity index (χ3v) is 5.59. The number of ether oxygens (including phenoxy) is 2. The molecular weight excluding hydrogens is 470 g/mol. The highest BCUT2D eigenvalue weighted by atomic mass is 35.5. The van der Waals surface area contributed by atoms with E-state index in [4.69, 9.17) is 21.1 Å². The molecule has 0 saturated heterocycles. The van der Waals surface area contributed by atoms with E-state index in [0.29, 0.717) is 41.4 Å². The van der Waals surface area contributed by atoms with E-state index in [1.54, 1.807) is 58.0 Å². The standard InChI is InChI=1S/C26H32ClN3O5/c1-16-23(31)29-21-15-18(10-13-22(21)34-16)20(30-25(33)35-26(2,3)4)7-5-6-14-28-24(32)17-8-11-19(27)12-9-17/h8-13,15-16,20H,5-7,14H2,1-4H3,(H,28,32)(H,29,31)(H,30,33). The van der Waals surface area contributed by atoms with E-state index < -0.39 is 17.8 Å². The van der Waals surface area contributed by atoms with Gasteiger partial charge in [-0.25, -0.2) is 4.79 Å². The molecule has 0 bridgehead atoms. The van der Waals surface area contributed by atoms with E-state index in [1.807, 2.05) is 12.1 Å². The zero-order chi connectivity index (χ0) is 25.6. The largest absolute Gasteiger partial charge is 0.479 e. The first-order valence-corrected chi connectivity index (χ1v) is 12.0. The number of carbonyl (C=O) groups excluding carboxylic acids is 3. The minimum Gasteiger partial charge on any atom is -0.479 e. The van der Waals surface area contributed by atoms with Crippen molar-refractivity contribution in [1.29, 1.82) is 0 Å². The van der Waals surface area contributed by atoms with E-state index >= 15 is 0 Å². The lowest BCUT2D eigenvalue weighted by Crippen LogP contribution is -2.36. The summed E-state index contributed by atoms with van der Waals surface area (Å²) in [5.41, 5.74) is 1.30. The van der Waals surface area contributed by atoms with E-state index in [9.17, 15) is 14.4 Å². The summed E-state index contributed by atoms with van der Waals surface area (Å²) in [5, 5.41) is 9.25. The molecule has 1 heterocycles. The summed E-state index contributed by atoms with van der Waals surface area (Å²) in [6.45, 7) is 7.59. The summed E-state index contributed by atoms with van der Waals surface area (Å²) >= 11 is 5.87. The van der Waals surface area contributed by atoms with Gasteiger partial charge in [0.05, 0.1) is 11.7 Å². The average Bonchev–Trinajstić information content (AvgIpc) is 2.77. The number of halogens is 1. The maximum atomic E-state index is 12.5. The molecule has 2 aromatic rings. The van der Waals surface area contributed by atoms with E-state index in [2.05, 4.69) is 16.0 Å². The van der Waals surface area contributed by atoms with Crippen molar-refractivity contribution >= 4 is 35.2 Å². The molecule has 0 aromatic heterocycles. The molecule has 2 unspecified atom stereocenters. The van der Waals surface area contributed by atoms with Gasteiger partial charge in [-0.3, -0.25) is 9.59 Å². The predicted octanol–water partition coefficient (Wildman–Crippen LogP) is 5.23. The summed E-state index contributed by atoms with van der Waals surface area (Å²) in [6.07, 6.45) is 0.976. The van der Waals surface area contributed by atoms with Crippen molar-refractivity contribution in [2.24, 2.45) is 0 Å². The van der Waals surface area contributed by atoms with Crippen molar-refractivity contribution in [3.63, 3.8) is 0 Å². The molecule has 3 amide bonds. The number of unbranched alkanes of at least 4 members (excludes halogenated alkanes) is 1. The molecule has 1 aliphatic heterocycles. The van der Waals surface area contributed by atoms with Gasteiger partial charge in [0.25, 0.3) is 11.8 Å². The molecule has 0 fully saturated rings. The van der Waals surface area contributed by atoms with Crippen LogP contribution in [0.3, 0.4) is 0 Å². The number of amides is 3. The van der Waals surface area contributed by atoms with Gasteiger partial charge in [0, 0.05) is 17.1 Å². The van der Waals surface area contributed by atoms with Crippen LogP contribution in [0.2, 0.25) is 5.02 Å². The maximum Gasteiger partial charge on any atom is 0.408 e. The molecule has 3 N–H and O–H groups in total. The molecule has 0 saturated carbocycles. The summed E-state index contributed by atoms with van der Waals surface area (Å²) in [5.74, 6) is 0.203. The van der Waals surface area contributed by atoms with E-state index in [0.717, 1.165) is 12.0 Å². The number of rotatable bonds is 8. The van der Waals surface area contributed by atoms with Crippen LogP contribution in [0, 0.1) is 0 Å². The fourth-order valence-electron chi connectivity index (χ4n) is 3.59. The molecular formula is C26H32ClN3O5. The molecule has 2 atom stereocenters. The van der Waals surface area contributed by atoms with Crippen molar-refractivity contribution in [3.05, 3.63) is 58.6 Å². The third-order valence-electron chi connectivity index (χ3n) is 5.34. The number of alkyl carbamates (subject to hydrolysis) is 1. The number of hydrogen-bond acceptors (Lipinski definition) is 5.